The monoisotopic (exact) mass is 617 g/mol. The van der Waals surface area contributed by atoms with Gasteiger partial charge in [-0.1, -0.05) is 24.3 Å². The SMILES string of the molecule is Cn1c(=O)c(C(=O)c2ccncc2)c2c3c(c(Nc4ccc(S(=O)(=O)O)cc4S(=O)(=O)O)ccc31)C(=O)c1ccccc1-2. The third-order valence-corrected chi connectivity index (χ3v) is 8.94. The van der Waals surface area contributed by atoms with Crippen molar-refractivity contribution in [3.63, 3.8) is 0 Å². The van der Waals surface area contributed by atoms with E-state index in [1.54, 1.807) is 18.2 Å². The lowest BCUT2D eigenvalue weighted by molar-refractivity contribution is 0.102. The smallest absolute Gasteiger partial charge is 0.296 e. The molecule has 14 heteroatoms. The van der Waals surface area contributed by atoms with Gasteiger partial charge in [0.2, 0.25) is 0 Å². The molecule has 0 bridgehead atoms. The number of nitrogens with zero attached hydrogens (tertiary/aromatic N) is 2. The van der Waals surface area contributed by atoms with Gasteiger partial charge >= 0.3 is 0 Å². The first-order valence-electron chi connectivity index (χ1n) is 12.4. The van der Waals surface area contributed by atoms with Crippen molar-refractivity contribution >= 4 is 54.1 Å². The van der Waals surface area contributed by atoms with Crippen molar-refractivity contribution in [2.24, 2.45) is 7.05 Å². The molecule has 2 heterocycles. The van der Waals surface area contributed by atoms with E-state index in [0.717, 1.165) is 12.1 Å². The summed E-state index contributed by atoms with van der Waals surface area (Å²) in [5.74, 6) is -1.09. The van der Waals surface area contributed by atoms with E-state index in [1.807, 2.05) is 0 Å². The van der Waals surface area contributed by atoms with Gasteiger partial charge in [-0.25, -0.2) is 0 Å². The maximum absolute atomic E-state index is 14.0. The van der Waals surface area contributed by atoms with E-state index >= 15 is 0 Å². The first-order chi connectivity index (χ1) is 20.3. The van der Waals surface area contributed by atoms with Crippen LogP contribution in [0.5, 0.6) is 0 Å². The average molecular weight is 618 g/mol. The second-order valence-corrected chi connectivity index (χ2v) is 12.5. The molecule has 6 rings (SSSR count). The van der Waals surface area contributed by atoms with Crippen LogP contribution in [0.15, 0.2) is 93.7 Å². The Hall–Kier alpha value is -5.02. The number of hydrogen-bond donors (Lipinski definition) is 3. The number of rotatable bonds is 6. The molecule has 0 saturated heterocycles. The van der Waals surface area contributed by atoms with Crippen LogP contribution in [0.25, 0.3) is 22.0 Å². The van der Waals surface area contributed by atoms with Crippen LogP contribution in [0.3, 0.4) is 0 Å². The lowest BCUT2D eigenvalue weighted by Gasteiger charge is -2.25. The summed E-state index contributed by atoms with van der Waals surface area (Å²) in [6.45, 7) is 0. The zero-order valence-corrected chi connectivity index (χ0v) is 23.6. The van der Waals surface area contributed by atoms with Gasteiger partial charge in [0.1, 0.15) is 4.90 Å². The molecule has 0 fully saturated rings. The second-order valence-electron chi connectivity index (χ2n) is 9.67. The van der Waals surface area contributed by atoms with Crippen molar-refractivity contribution < 1.29 is 35.5 Å². The number of benzene rings is 3. The Kier molecular flexibility index (Phi) is 6.39. The number of ketones is 2. The fourth-order valence-electron chi connectivity index (χ4n) is 5.26. The summed E-state index contributed by atoms with van der Waals surface area (Å²) in [5, 5.41) is 3.04. The second kappa shape index (κ2) is 9.78. The van der Waals surface area contributed by atoms with Gasteiger partial charge < -0.3 is 9.88 Å². The third-order valence-electron chi connectivity index (χ3n) is 7.20. The van der Waals surface area contributed by atoms with Gasteiger partial charge in [-0.2, -0.15) is 16.8 Å². The van der Waals surface area contributed by atoms with Crippen LogP contribution >= 0.6 is 0 Å². The lowest BCUT2D eigenvalue weighted by Crippen LogP contribution is -2.29. The topological polar surface area (TPSA) is 190 Å². The molecule has 0 amide bonds. The Balaban J connectivity index is 1.69. The molecule has 3 aromatic carbocycles. The summed E-state index contributed by atoms with van der Waals surface area (Å²) in [4.78, 5) is 43.8. The highest BCUT2D eigenvalue weighted by Crippen LogP contribution is 2.44. The fourth-order valence-corrected chi connectivity index (χ4v) is 6.51. The summed E-state index contributed by atoms with van der Waals surface area (Å²) < 4.78 is 68.2. The molecule has 1 aliphatic rings. The molecule has 0 radical (unpaired) electrons. The average Bonchev–Trinajstić information content (AvgIpc) is 2.97. The van der Waals surface area contributed by atoms with Crippen LogP contribution in [-0.4, -0.2) is 47.1 Å². The molecule has 0 aliphatic heterocycles. The van der Waals surface area contributed by atoms with Crippen molar-refractivity contribution in [2.75, 3.05) is 5.32 Å². The number of hydrogen-bond acceptors (Lipinski definition) is 9. The Morgan fingerprint density at radius 3 is 2.12 bits per heavy atom. The van der Waals surface area contributed by atoms with Gasteiger partial charge in [-0.15, -0.1) is 0 Å². The molecule has 12 nitrogen and oxygen atoms in total. The Labute approximate surface area is 243 Å². The van der Waals surface area contributed by atoms with Crippen LogP contribution in [0.4, 0.5) is 11.4 Å². The highest BCUT2D eigenvalue weighted by Gasteiger charge is 2.34. The molecule has 216 valence electrons. The highest BCUT2D eigenvalue weighted by atomic mass is 32.2. The minimum absolute atomic E-state index is 0.00530. The number of carbonyl (C=O) groups is 2. The van der Waals surface area contributed by atoms with Crippen LogP contribution in [0, 0.1) is 0 Å². The molecule has 5 aromatic rings. The number of anilines is 2. The van der Waals surface area contributed by atoms with Gasteiger partial charge in [0.25, 0.3) is 25.8 Å². The van der Waals surface area contributed by atoms with E-state index in [-0.39, 0.29) is 44.6 Å². The number of carbonyl (C=O) groups excluding carboxylic acids is 2. The Morgan fingerprint density at radius 2 is 1.47 bits per heavy atom. The number of nitrogens with one attached hydrogen (secondary N) is 1. The molecule has 0 unspecified atom stereocenters. The van der Waals surface area contributed by atoms with Crippen LogP contribution < -0.4 is 10.9 Å². The largest absolute Gasteiger partial charge is 0.354 e. The summed E-state index contributed by atoms with van der Waals surface area (Å²) in [7, 11) is -8.40. The van der Waals surface area contributed by atoms with Crippen molar-refractivity contribution in [2.45, 2.75) is 9.79 Å². The first-order valence-corrected chi connectivity index (χ1v) is 15.3. The molecule has 3 N–H and O–H groups in total. The molecular weight excluding hydrogens is 598 g/mol. The number of aryl methyl sites for hydroxylation is 1. The van der Waals surface area contributed by atoms with E-state index in [4.69, 9.17) is 0 Å². The van der Waals surface area contributed by atoms with Gasteiger partial charge in [-0.05, 0) is 48.0 Å². The molecular formula is C29H19N3O9S2. The maximum Gasteiger partial charge on any atom is 0.296 e. The van der Waals surface area contributed by atoms with Crippen molar-refractivity contribution in [1.82, 2.24) is 9.55 Å². The quantitative estimate of drug-likeness (QED) is 0.183. The lowest BCUT2D eigenvalue weighted by atomic mass is 9.80. The standard InChI is InChI=1S/C29H19N3O9S2/c1-32-21-9-8-20(31-19-7-6-16(42(36,37)38)14-22(19)43(39,40)41)24-25(21)23(17-4-2-3-5-18(17)28(24)34)26(29(32)35)27(33)15-10-12-30-13-11-15/h2-14,31H,1H3,(H,36,37,38)(H,39,40,41). The summed E-state index contributed by atoms with van der Waals surface area (Å²) >= 11 is 0. The first kappa shape index (κ1) is 28.1. The maximum atomic E-state index is 14.0. The minimum atomic E-state index is -5.03. The predicted octanol–water partition coefficient (Wildman–Crippen LogP) is 3.61. The highest BCUT2D eigenvalue weighted by molar-refractivity contribution is 7.86. The number of fused-ring (bicyclic) bond motifs is 2. The van der Waals surface area contributed by atoms with Crippen molar-refractivity contribution in [3.05, 3.63) is 112 Å². The summed E-state index contributed by atoms with van der Waals surface area (Å²) in [5.41, 5.74) is 0.209. The minimum Gasteiger partial charge on any atom is -0.354 e. The normalized spacial score (nSPS) is 12.7. The van der Waals surface area contributed by atoms with E-state index < -0.39 is 47.2 Å². The number of aromatic nitrogens is 2. The van der Waals surface area contributed by atoms with Gasteiger partial charge in [0.05, 0.1) is 32.9 Å². The molecule has 1 aliphatic carbocycles. The number of pyridine rings is 2. The zero-order chi connectivity index (χ0) is 30.8. The molecule has 2 aromatic heterocycles. The van der Waals surface area contributed by atoms with Crippen molar-refractivity contribution in [1.29, 1.82) is 0 Å². The molecule has 0 spiro atoms. The van der Waals surface area contributed by atoms with Crippen LogP contribution in [0.1, 0.15) is 31.8 Å². The predicted molar refractivity (Wildman–Crippen MR) is 155 cm³/mol. The van der Waals surface area contributed by atoms with Gasteiger partial charge in [0, 0.05) is 41.5 Å². The Bertz CT molecular complexity index is 2330. The summed E-state index contributed by atoms with van der Waals surface area (Å²) in [6.07, 6.45) is 2.82. The Morgan fingerprint density at radius 1 is 0.814 bits per heavy atom. The van der Waals surface area contributed by atoms with Crippen LogP contribution in [-0.2, 0) is 27.3 Å². The van der Waals surface area contributed by atoms with E-state index in [9.17, 15) is 40.3 Å². The van der Waals surface area contributed by atoms with Crippen LogP contribution in [0.2, 0.25) is 0 Å². The fraction of sp³-hybridized carbons (Fsp3) is 0.0345. The molecule has 43 heavy (non-hydrogen) atoms. The summed E-state index contributed by atoms with van der Waals surface area (Å²) in [6, 6.07) is 14.8. The van der Waals surface area contributed by atoms with Crippen molar-refractivity contribution in [3.8, 4) is 11.1 Å². The van der Waals surface area contributed by atoms with Gasteiger partial charge in [-0.3, -0.25) is 28.5 Å². The molecule has 0 saturated carbocycles. The van der Waals surface area contributed by atoms with E-state index in [0.29, 0.717) is 17.1 Å². The zero-order valence-electron chi connectivity index (χ0n) is 22.0. The van der Waals surface area contributed by atoms with E-state index in [1.165, 1.54) is 54.3 Å². The van der Waals surface area contributed by atoms with E-state index in [2.05, 4.69) is 10.3 Å². The van der Waals surface area contributed by atoms with Gasteiger partial charge in [0.15, 0.2) is 11.6 Å². The third kappa shape index (κ3) is 4.53. The molecule has 0 atom stereocenters.